The average Bonchev–Trinajstić information content (AvgIpc) is 3.21. The predicted octanol–water partition coefficient (Wildman–Crippen LogP) is 0.852. The lowest BCUT2D eigenvalue weighted by atomic mass is 10.2. The molecule has 0 saturated heterocycles. The minimum atomic E-state index is 0. The molecule has 1 heterocycles. The molecule has 136 valence electrons. The second-order valence-electron chi connectivity index (χ2n) is 6.03. The zero-order valence-electron chi connectivity index (χ0n) is 14.4. The first-order valence-electron chi connectivity index (χ1n) is 8.24. The van der Waals surface area contributed by atoms with Crippen LogP contribution < -0.4 is 10.6 Å². The van der Waals surface area contributed by atoms with Crippen molar-refractivity contribution in [3.8, 4) is 0 Å². The van der Waals surface area contributed by atoms with Crippen LogP contribution in [0.15, 0.2) is 17.4 Å². The maximum absolute atomic E-state index is 11.7. The van der Waals surface area contributed by atoms with Gasteiger partial charge in [-0.25, -0.2) is 4.99 Å². The molecule has 0 radical (unpaired) electrons. The third kappa shape index (κ3) is 7.45. The number of carbonyl (C=O) groups excluding carboxylic acids is 1. The summed E-state index contributed by atoms with van der Waals surface area (Å²) in [7, 11) is 3.49. The number of nitrogens with one attached hydrogen (secondary N) is 2. The molecule has 1 amide bonds. The number of guanidine groups is 1. The van der Waals surface area contributed by atoms with Crippen LogP contribution in [0.4, 0.5) is 0 Å². The van der Waals surface area contributed by atoms with Gasteiger partial charge in [0.25, 0.3) is 0 Å². The van der Waals surface area contributed by atoms with Gasteiger partial charge in [-0.2, -0.15) is 0 Å². The number of likely N-dealkylation sites (N-methyl/N-ethyl adjacent to an activating group) is 1. The maximum Gasteiger partial charge on any atom is 0.243 e. The summed E-state index contributed by atoms with van der Waals surface area (Å²) in [5.41, 5.74) is 0. The van der Waals surface area contributed by atoms with Gasteiger partial charge in [-0.3, -0.25) is 9.48 Å². The number of amides is 1. The van der Waals surface area contributed by atoms with E-state index in [9.17, 15) is 4.79 Å². The molecule has 2 N–H and O–H groups in total. The van der Waals surface area contributed by atoms with Gasteiger partial charge >= 0.3 is 0 Å². The van der Waals surface area contributed by atoms with E-state index in [4.69, 9.17) is 0 Å². The molecular formula is C15H28IN7O. The topological polar surface area (TPSA) is 87.4 Å². The Morgan fingerprint density at radius 2 is 2.12 bits per heavy atom. The monoisotopic (exact) mass is 449 g/mol. The SMILES string of the molecule is CN(C)C(=O)CN=C(NCCCn1ccnn1)NC1CCCC1.I. The molecule has 8 nitrogen and oxygen atoms in total. The summed E-state index contributed by atoms with van der Waals surface area (Å²) in [6, 6.07) is 0.464. The van der Waals surface area contributed by atoms with E-state index in [-0.39, 0.29) is 36.4 Å². The summed E-state index contributed by atoms with van der Waals surface area (Å²) in [4.78, 5) is 17.7. The fourth-order valence-electron chi connectivity index (χ4n) is 2.50. The fourth-order valence-corrected chi connectivity index (χ4v) is 2.50. The van der Waals surface area contributed by atoms with E-state index in [0.29, 0.717) is 6.04 Å². The van der Waals surface area contributed by atoms with Crippen LogP contribution in [0.25, 0.3) is 0 Å². The van der Waals surface area contributed by atoms with Crippen molar-refractivity contribution >= 4 is 35.8 Å². The summed E-state index contributed by atoms with van der Waals surface area (Å²) in [5, 5.41) is 14.5. The Hall–Kier alpha value is -1.39. The molecule has 0 unspecified atom stereocenters. The zero-order chi connectivity index (χ0) is 16.5. The molecule has 1 aliphatic carbocycles. The number of nitrogens with zero attached hydrogens (tertiary/aromatic N) is 5. The lowest BCUT2D eigenvalue weighted by Crippen LogP contribution is -2.43. The maximum atomic E-state index is 11.7. The predicted molar refractivity (Wildman–Crippen MR) is 104 cm³/mol. The third-order valence-electron chi connectivity index (χ3n) is 3.90. The molecule has 9 heteroatoms. The highest BCUT2D eigenvalue weighted by Crippen LogP contribution is 2.17. The second kappa shape index (κ2) is 11.2. The van der Waals surface area contributed by atoms with Crippen LogP contribution in [0.3, 0.4) is 0 Å². The number of halogens is 1. The molecule has 1 aliphatic rings. The smallest absolute Gasteiger partial charge is 0.243 e. The average molecular weight is 449 g/mol. The van der Waals surface area contributed by atoms with Gasteiger partial charge in [-0.15, -0.1) is 29.1 Å². The van der Waals surface area contributed by atoms with Gasteiger partial charge in [0.1, 0.15) is 6.54 Å². The van der Waals surface area contributed by atoms with Crippen LogP contribution in [-0.4, -0.2) is 65.0 Å². The van der Waals surface area contributed by atoms with Crippen LogP contribution in [0, 0.1) is 0 Å². The lowest BCUT2D eigenvalue weighted by Gasteiger charge is -2.18. The van der Waals surface area contributed by atoms with Gasteiger partial charge in [0, 0.05) is 39.4 Å². The van der Waals surface area contributed by atoms with E-state index >= 15 is 0 Å². The van der Waals surface area contributed by atoms with Crippen LogP contribution in [0.5, 0.6) is 0 Å². The highest BCUT2D eigenvalue weighted by atomic mass is 127. The molecule has 0 atom stereocenters. The number of aliphatic imine (C=N–C) groups is 1. The molecule has 1 fully saturated rings. The van der Waals surface area contributed by atoms with Crippen molar-refractivity contribution in [2.45, 2.75) is 44.7 Å². The first kappa shape index (κ1) is 20.7. The Bertz CT molecular complexity index is 498. The minimum absolute atomic E-state index is 0. The number of aromatic nitrogens is 3. The van der Waals surface area contributed by atoms with Crippen LogP contribution in [-0.2, 0) is 11.3 Å². The van der Waals surface area contributed by atoms with Crippen LogP contribution in [0.2, 0.25) is 0 Å². The molecule has 2 rings (SSSR count). The van der Waals surface area contributed by atoms with E-state index in [1.807, 2.05) is 6.20 Å². The number of aryl methyl sites for hydroxylation is 1. The van der Waals surface area contributed by atoms with Gasteiger partial charge in [-0.05, 0) is 19.3 Å². The quantitative estimate of drug-likeness (QED) is 0.279. The van der Waals surface area contributed by atoms with Gasteiger partial charge < -0.3 is 15.5 Å². The van der Waals surface area contributed by atoms with Crippen molar-refractivity contribution in [2.24, 2.45) is 4.99 Å². The van der Waals surface area contributed by atoms with Gasteiger partial charge in [0.2, 0.25) is 5.91 Å². The normalized spacial score (nSPS) is 15.0. The van der Waals surface area contributed by atoms with Gasteiger partial charge in [0.05, 0.1) is 6.20 Å². The van der Waals surface area contributed by atoms with E-state index in [1.165, 1.54) is 25.7 Å². The third-order valence-corrected chi connectivity index (χ3v) is 3.90. The molecule has 0 aromatic carbocycles. The minimum Gasteiger partial charge on any atom is -0.356 e. The summed E-state index contributed by atoms with van der Waals surface area (Å²) in [6.45, 7) is 1.74. The summed E-state index contributed by atoms with van der Waals surface area (Å²) >= 11 is 0. The van der Waals surface area contributed by atoms with Crippen molar-refractivity contribution in [3.63, 3.8) is 0 Å². The van der Waals surface area contributed by atoms with Crippen LogP contribution >= 0.6 is 24.0 Å². The number of hydrogen-bond donors (Lipinski definition) is 2. The Morgan fingerprint density at radius 3 is 2.75 bits per heavy atom. The summed E-state index contributed by atoms with van der Waals surface area (Å²) in [5.74, 6) is 0.728. The highest BCUT2D eigenvalue weighted by Gasteiger charge is 2.16. The Morgan fingerprint density at radius 1 is 1.38 bits per heavy atom. The van der Waals surface area contributed by atoms with E-state index in [1.54, 1.807) is 29.9 Å². The summed E-state index contributed by atoms with van der Waals surface area (Å²) < 4.78 is 1.80. The molecule has 1 aromatic rings. The van der Waals surface area contributed by atoms with Crippen molar-refractivity contribution in [1.82, 2.24) is 30.5 Å². The first-order valence-corrected chi connectivity index (χ1v) is 8.24. The molecule has 0 spiro atoms. The van der Waals surface area contributed by atoms with E-state index in [2.05, 4.69) is 25.9 Å². The van der Waals surface area contributed by atoms with E-state index in [0.717, 1.165) is 25.5 Å². The van der Waals surface area contributed by atoms with E-state index < -0.39 is 0 Å². The molecular weight excluding hydrogens is 421 g/mol. The molecule has 1 aromatic heterocycles. The molecule has 24 heavy (non-hydrogen) atoms. The first-order chi connectivity index (χ1) is 11.1. The van der Waals surface area contributed by atoms with Crippen LogP contribution in [0.1, 0.15) is 32.1 Å². The Kier molecular flexibility index (Phi) is 9.65. The molecule has 0 aliphatic heterocycles. The highest BCUT2D eigenvalue weighted by molar-refractivity contribution is 14.0. The Balaban J connectivity index is 0.00000288. The largest absolute Gasteiger partial charge is 0.356 e. The number of rotatable bonds is 7. The zero-order valence-corrected chi connectivity index (χ0v) is 16.8. The van der Waals surface area contributed by atoms with Crippen molar-refractivity contribution in [3.05, 3.63) is 12.4 Å². The van der Waals surface area contributed by atoms with Gasteiger partial charge in [-0.1, -0.05) is 18.1 Å². The molecule has 1 saturated carbocycles. The van der Waals surface area contributed by atoms with Crippen molar-refractivity contribution < 1.29 is 4.79 Å². The standard InChI is InChI=1S/C15H27N7O.HI/c1-21(2)14(23)12-17-15(19-13-6-3-4-7-13)16-8-5-10-22-11-9-18-20-22;/h9,11,13H,3-8,10,12H2,1-2H3,(H2,16,17,19);1H. The lowest BCUT2D eigenvalue weighted by molar-refractivity contribution is -0.127. The number of carbonyl (C=O) groups is 1. The Labute approximate surface area is 160 Å². The second-order valence-corrected chi connectivity index (χ2v) is 6.03. The van der Waals surface area contributed by atoms with Crippen molar-refractivity contribution in [2.75, 3.05) is 27.2 Å². The number of hydrogen-bond acceptors (Lipinski definition) is 4. The molecule has 0 bridgehead atoms. The fraction of sp³-hybridized carbons (Fsp3) is 0.733. The van der Waals surface area contributed by atoms with Gasteiger partial charge in [0.15, 0.2) is 5.96 Å². The summed E-state index contributed by atoms with van der Waals surface area (Å²) in [6.07, 6.45) is 9.29. The van der Waals surface area contributed by atoms with Crippen molar-refractivity contribution in [1.29, 1.82) is 0 Å².